The van der Waals surface area contributed by atoms with Crippen LogP contribution in [0.5, 0.6) is 5.75 Å². The molecule has 2 nitrogen and oxygen atoms in total. The summed E-state index contributed by atoms with van der Waals surface area (Å²) in [6.45, 7) is 2.27. The predicted molar refractivity (Wildman–Crippen MR) is 79.3 cm³/mol. The Labute approximate surface area is 120 Å². The van der Waals surface area contributed by atoms with Gasteiger partial charge in [0.2, 0.25) is 0 Å². The number of benzene rings is 1. The van der Waals surface area contributed by atoms with E-state index in [4.69, 9.17) is 0 Å². The van der Waals surface area contributed by atoms with E-state index in [-0.39, 0.29) is 11.5 Å². The minimum Gasteiger partial charge on any atom is -0.508 e. The Morgan fingerprint density at radius 3 is 2.90 bits per heavy atom. The fourth-order valence-electron chi connectivity index (χ4n) is 4.94. The maximum atomic E-state index is 10.3. The fraction of sp³-hybridized carbons (Fsp3) is 0.556. The molecule has 20 heavy (non-hydrogen) atoms. The molecule has 1 saturated carbocycles. The number of allylic oxidation sites excluding steroid dienone is 2. The topological polar surface area (TPSA) is 40.5 Å². The third kappa shape index (κ3) is 1.54. The Morgan fingerprint density at radius 1 is 1.20 bits per heavy atom. The summed E-state index contributed by atoms with van der Waals surface area (Å²) >= 11 is 0. The van der Waals surface area contributed by atoms with Crippen LogP contribution in [0.4, 0.5) is 0 Å². The van der Waals surface area contributed by atoms with E-state index in [9.17, 15) is 10.2 Å². The molecule has 0 aliphatic heterocycles. The van der Waals surface area contributed by atoms with Crippen LogP contribution >= 0.6 is 0 Å². The summed E-state index contributed by atoms with van der Waals surface area (Å²) in [5, 5.41) is 20.0. The Hall–Kier alpha value is -1.28. The van der Waals surface area contributed by atoms with Crippen LogP contribution in [0, 0.1) is 17.3 Å². The molecule has 3 aliphatic carbocycles. The van der Waals surface area contributed by atoms with Gasteiger partial charge in [-0.15, -0.1) is 0 Å². The van der Waals surface area contributed by atoms with Gasteiger partial charge in [-0.05, 0) is 72.8 Å². The molecule has 1 aromatic carbocycles. The molecule has 0 heterocycles. The van der Waals surface area contributed by atoms with E-state index in [0.717, 1.165) is 32.1 Å². The van der Waals surface area contributed by atoms with Gasteiger partial charge in [0.05, 0.1) is 6.10 Å². The summed E-state index contributed by atoms with van der Waals surface area (Å²) in [4.78, 5) is 0. The highest BCUT2D eigenvalue weighted by Crippen LogP contribution is 2.58. The molecule has 4 rings (SSSR count). The second kappa shape index (κ2) is 4.11. The van der Waals surface area contributed by atoms with Gasteiger partial charge in [0.25, 0.3) is 0 Å². The van der Waals surface area contributed by atoms with Crippen LogP contribution in [0.1, 0.15) is 43.7 Å². The number of phenolic OH excluding ortho intramolecular Hbond substituents is 1. The quantitative estimate of drug-likeness (QED) is 0.757. The normalized spacial score (nSPS) is 38.7. The molecule has 0 aromatic heterocycles. The smallest absolute Gasteiger partial charge is 0.115 e. The first-order valence-electron chi connectivity index (χ1n) is 7.80. The lowest BCUT2D eigenvalue weighted by atomic mass is 9.60. The number of hydrogen-bond acceptors (Lipinski definition) is 2. The average Bonchev–Trinajstić information content (AvgIpc) is 2.74. The van der Waals surface area contributed by atoms with Crippen LogP contribution in [0.25, 0.3) is 5.57 Å². The van der Waals surface area contributed by atoms with Gasteiger partial charge in [-0.25, -0.2) is 0 Å². The molecule has 0 radical (unpaired) electrons. The molecule has 0 unspecified atom stereocenters. The highest BCUT2D eigenvalue weighted by molar-refractivity contribution is 5.73. The lowest BCUT2D eigenvalue weighted by Gasteiger charge is -2.45. The van der Waals surface area contributed by atoms with Crippen molar-refractivity contribution in [3.63, 3.8) is 0 Å². The standard InChI is InChI=1S/C18H22O2/c1-18-9-8-14-13-5-3-12(19)10-11(13)2-4-15(14)16(18)6-7-17(18)20/h3,5,8,10,15-17,19-20H,2,4,6-7,9H2,1H3/t15-,16-,17-,18-/m0/s1. The zero-order chi connectivity index (χ0) is 13.9. The molecule has 0 amide bonds. The Kier molecular flexibility index (Phi) is 2.56. The maximum Gasteiger partial charge on any atom is 0.115 e. The van der Waals surface area contributed by atoms with Gasteiger partial charge >= 0.3 is 0 Å². The maximum absolute atomic E-state index is 10.3. The van der Waals surface area contributed by atoms with Crippen molar-refractivity contribution in [3.8, 4) is 5.75 Å². The number of fused-ring (bicyclic) bond motifs is 5. The number of aryl methyl sites for hydroxylation is 1. The largest absolute Gasteiger partial charge is 0.508 e. The molecule has 2 heteroatoms. The van der Waals surface area contributed by atoms with Crippen LogP contribution < -0.4 is 0 Å². The number of rotatable bonds is 0. The molecule has 4 atom stereocenters. The Morgan fingerprint density at radius 2 is 2.05 bits per heavy atom. The number of aliphatic hydroxyl groups excluding tert-OH is 1. The minimum atomic E-state index is -0.133. The summed E-state index contributed by atoms with van der Waals surface area (Å²) in [7, 11) is 0. The van der Waals surface area contributed by atoms with Crippen molar-refractivity contribution in [1.82, 2.24) is 0 Å². The molecule has 106 valence electrons. The van der Waals surface area contributed by atoms with Gasteiger partial charge in [-0.2, -0.15) is 0 Å². The first kappa shape index (κ1) is 12.5. The van der Waals surface area contributed by atoms with Crippen molar-refractivity contribution >= 4 is 5.57 Å². The molecule has 3 aliphatic rings. The minimum absolute atomic E-state index is 0.0859. The molecule has 0 saturated heterocycles. The summed E-state index contributed by atoms with van der Waals surface area (Å²) in [5.74, 6) is 1.60. The van der Waals surface area contributed by atoms with E-state index in [2.05, 4.69) is 19.1 Å². The van der Waals surface area contributed by atoms with Crippen molar-refractivity contribution in [2.75, 3.05) is 0 Å². The molecule has 1 aromatic rings. The van der Waals surface area contributed by atoms with Crippen molar-refractivity contribution in [3.05, 3.63) is 35.4 Å². The van der Waals surface area contributed by atoms with E-state index in [1.807, 2.05) is 6.07 Å². The van der Waals surface area contributed by atoms with Crippen LogP contribution in [0.2, 0.25) is 0 Å². The van der Waals surface area contributed by atoms with E-state index in [0.29, 0.717) is 17.6 Å². The highest BCUT2D eigenvalue weighted by atomic mass is 16.3. The van der Waals surface area contributed by atoms with Crippen molar-refractivity contribution in [2.45, 2.75) is 45.1 Å². The SMILES string of the molecule is C[C@]12CC=C3c4ccc(O)cc4CC[C@@H]3[C@@H]1CC[C@@H]2O. The zero-order valence-electron chi connectivity index (χ0n) is 12.0. The van der Waals surface area contributed by atoms with Gasteiger partial charge in [-0.1, -0.05) is 19.1 Å². The van der Waals surface area contributed by atoms with Gasteiger partial charge < -0.3 is 10.2 Å². The van der Waals surface area contributed by atoms with Crippen LogP contribution in [-0.2, 0) is 6.42 Å². The van der Waals surface area contributed by atoms with Crippen molar-refractivity contribution in [2.24, 2.45) is 17.3 Å². The lowest BCUT2D eigenvalue weighted by Crippen LogP contribution is -2.39. The van der Waals surface area contributed by atoms with Gasteiger partial charge in [0.15, 0.2) is 0 Å². The van der Waals surface area contributed by atoms with Crippen LogP contribution in [-0.4, -0.2) is 16.3 Å². The Balaban J connectivity index is 1.79. The second-order valence-electron chi connectivity index (χ2n) is 7.06. The van der Waals surface area contributed by atoms with Gasteiger partial charge in [-0.3, -0.25) is 0 Å². The van der Waals surface area contributed by atoms with E-state index in [1.54, 1.807) is 6.07 Å². The summed E-state index contributed by atoms with van der Waals surface area (Å²) < 4.78 is 0. The molecule has 1 fully saturated rings. The molecular formula is C18H22O2. The predicted octanol–water partition coefficient (Wildman–Crippen LogP) is 3.52. The zero-order valence-corrected chi connectivity index (χ0v) is 12.0. The number of phenols is 1. The first-order valence-corrected chi connectivity index (χ1v) is 7.80. The first-order chi connectivity index (χ1) is 9.59. The number of aliphatic hydroxyl groups is 1. The molecule has 0 spiro atoms. The molecule has 0 bridgehead atoms. The van der Waals surface area contributed by atoms with Crippen LogP contribution in [0.3, 0.4) is 0 Å². The van der Waals surface area contributed by atoms with Gasteiger partial charge in [0, 0.05) is 5.41 Å². The van der Waals surface area contributed by atoms with Crippen molar-refractivity contribution in [1.29, 1.82) is 0 Å². The monoisotopic (exact) mass is 270 g/mol. The van der Waals surface area contributed by atoms with E-state index in [1.165, 1.54) is 16.7 Å². The average molecular weight is 270 g/mol. The summed E-state index contributed by atoms with van der Waals surface area (Å²) in [5.41, 5.74) is 4.18. The number of hydrogen-bond donors (Lipinski definition) is 2. The highest BCUT2D eigenvalue weighted by Gasteiger charge is 2.51. The van der Waals surface area contributed by atoms with Crippen molar-refractivity contribution < 1.29 is 10.2 Å². The number of aromatic hydroxyl groups is 1. The van der Waals surface area contributed by atoms with Crippen LogP contribution in [0.15, 0.2) is 24.3 Å². The van der Waals surface area contributed by atoms with Gasteiger partial charge in [0.1, 0.15) is 5.75 Å². The van der Waals surface area contributed by atoms with E-state index < -0.39 is 0 Å². The third-order valence-electron chi connectivity index (χ3n) is 6.13. The fourth-order valence-corrected chi connectivity index (χ4v) is 4.94. The molecule has 2 N–H and O–H groups in total. The second-order valence-corrected chi connectivity index (χ2v) is 7.06. The Bertz CT molecular complexity index is 589. The van der Waals surface area contributed by atoms with E-state index >= 15 is 0 Å². The lowest BCUT2D eigenvalue weighted by molar-refractivity contribution is 0.0251. The summed E-state index contributed by atoms with van der Waals surface area (Å²) in [6.07, 6.45) is 7.56. The third-order valence-corrected chi connectivity index (χ3v) is 6.13. The molecular weight excluding hydrogens is 248 g/mol. The summed E-state index contributed by atoms with van der Waals surface area (Å²) in [6, 6.07) is 5.81.